The molecular formula is C15H11IN2O2. The Balaban J connectivity index is 2.11. The Morgan fingerprint density at radius 2 is 1.95 bits per heavy atom. The lowest BCUT2D eigenvalue weighted by Crippen LogP contribution is -2.11. The van der Waals surface area contributed by atoms with Crippen molar-refractivity contribution >= 4 is 34.2 Å². The fourth-order valence-corrected chi connectivity index (χ4v) is 1.99. The molecule has 20 heavy (non-hydrogen) atoms. The van der Waals surface area contributed by atoms with Gasteiger partial charge in [-0.3, -0.25) is 4.79 Å². The van der Waals surface area contributed by atoms with Crippen LogP contribution < -0.4 is 5.32 Å². The highest BCUT2D eigenvalue weighted by molar-refractivity contribution is 14.1. The summed E-state index contributed by atoms with van der Waals surface area (Å²) >= 11 is 1.99. The molecule has 0 aliphatic rings. The maximum atomic E-state index is 12.0. The van der Waals surface area contributed by atoms with E-state index in [9.17, 15) is 9.90 Å². The molecule has 0 aliphatic carbocycles. The van der Waals surface area contributed by atoms with Gasteiger partial charge in [0.1, 0.15) is 5.75 Å². The van der Waals surface area contributed by atoms with E-state index in [0.29, 0.717) is 21.2 Å². The van der Waals surface area contributed by atoms with Gasteiger partial charge in [0.25, 0.3) is 5.91 Å². The smallest absolute Gasteiger partial charge is 0.255 e. The van der Waals surface area contributed by atoms with E-state index in [0.717, 1.165) is 5.56 Å². The van der Waals surface area contributed by atoms with Crippen molar-refractivity contribution in [3.63, 3.8) is 0 Å². The first kappa shape index (κ1) is 14.3. The van der Waals surface area contributed by atoms with E-state index in [1.54, 1.807) is 36.4 Å². The second-order valence-electron chi connectivity index (χ2n) is 4.15. The van der Waals surface area contributed by atoms with Crippen LogP contribution in [0.1, 0.15) is 15.9 Å². The molecule has 0 atom stereocenters. The van der Waals surface area contributed by atoms with Crippen molar-refractivity contribution in [2.24, 2.45) is 0 Å². The van der Waals surface area contributed by atoms with Gasteiger partial charge in [0.05, 0.1) is 16.1 Å². The van der Waals surface area contributed by atoms with Gasteiger partial charge in [0, 0.05) is 11.3 Å². The van der Waals surface area contributed by atoms with Crippen LogP contribution in [0.3, 0.4) is 0 Å². The van der Waals surface area contributed by atoms with Crippen molar-refractivity contribution in [1.29, 1.82) is 5.26 Å². The van der Waals surface area contributed by atoms with E-state index in [4.69, 9.17) is 5.26 Å². The fraction of sp³-hybridized carbons (Fsp3) is 0.0667. The molecule has 0 aliphatic heterocycles. The zero-order valence-electron chi connectivity index (χ0n) is 10.4. The number of hydrogen-bond acceptors (Lipinski definition) is 3. The molecule has 0 spiro atoms. The standard InChI is InChI=1S/C15H11IN2O2/c16-13-6-3-11(9-14(13)19)15(20)18-12-4-1-10(2-5-12)7-8-17/h1-6,9,19H,7H2,(H,18,20). The number of carbonyl (C=O) groups is 1. The molecule has 0 saturated carbocycles. The van der Waals surface area contributed by atoms with Crippen LogP contribution in [0, 0.1) is 14.9 Å². The Morgan fingerprint density at radius 1 is 1.25 bits per heavy atom. The van der Waals surface area contributed by atoms with Gasteiger partial charge in [-0.25, -0.2) is 0 Å². The summed E-state index contributed by atoms with van der Waals surface area (Å²) in [5.41, 5.74) is 1.94. The van der Waals surface area contributed by atoms with Crippen LogP contribution in [-0.2, 0) is 6.42 Å². The third kappa shape index (κ3) is 3.48. The van der Waals surface area contributed by atoms with Crippen molar-refractivity contribution < 1.29 is 9.90 Å². The van der Waals surface area contributed by atoms with Gasteiger partial charge in [0.15, 0.2) is 0 Å². The van der Waals surface area contributed by atoms with Gasteiger partial charge in [-0.05, 0) is 58.5 Å². The summed E-state index contributed by atoms with van der Waals surface area (Å²) < 4.78 is 0.694. The number of nitrogens with one attached hydrogen (secondary N) is 1. The first-order valence-electron chi connectivity index (χ1n) is 5.86. The van der Waals surface area contributed by atoms with Crippen molar-refractivity contribution in [2.75, 3.05) is 5.32 Å². The predicted octanol–water partition coefficient (Wildman–Crippen LogP) is 3.32. The molecule has 0 radical (unpaired) electrons. The van der Waals surface area contributed by atoms with Crippen LogP contribution in [0.5, 0.6) is 5.75 Å². The molecule has 0 fully saturated rings. The molecule has 1 amide bonds. The molecule has 4 nitrogen and oxygen atoms in total. The van der Waals surface area contributed by atoms with E-state index in [1.165, 1.54) is 6.07 Å². The second-order valence-corrected chi connectivity index (χ2v) is 5.31. The lowest BCUT2D eigenvalue weighted by molar-refractivity contribution is 0.102. The van der Waals surface area contributed by atoms with Crippen LogP contribution in [0.4, 0.5) is 5.69 Å². The Kier molecular flexibility index (Phi) is 4.58. The van der Waals surface area contributed by atoms with Crippen LogP contribution in [0.25, 0.3) is 0 Å². The van der Waals surface area contributed by atoms with E-state index in [1.807, 2.05) is 22.6 Å². The van der Waals surface area contributed by atoms with Gasteiger partial charge in [-0.2, -0.15) is 5.26 Å². The SMILES string of the molecule is N#CCc1ccc(NC(=O)c2ccc(I)c(O)c2)cc1. The third-order valence-corrected chi connectivity index (χ3v) is 3.62. The number of nitrogens with zero attached hydrogens (tertiary/aromatic N) is 1. The van der Waals surface area contributed by atoms with E-state index < -0.39 is 0 Å². The zero-order chi connectivity index (χ0) is 14.5. The Labute approximate surface area is 130 Å². The van der Waals surface area contributed by atoms with Crippen LogP contribution in [0.2, 0.25) is 0 Å². The average molecular weight is 378 g/mol. The van der Waals surface area contributed by atoms with Crippen LogP contribution >= 0.6 is 22.6 Å². The van der Waals surface area contributed by atoms with Crippen LogP contribution in [0.15, 0.2) is 42.5 Å². The topological polar surface area (TPSA) is 73.1 Å². The van der Waals surface area contributed by atoms with Crippen molar-refractivity contribution in [3.8, 4) is 11.8 Å². The van der Waals surface area contributed by atoms with Gasteiger partial charge < -0.3 is 10.4 Å². The van der Waals surface area contributed by atoms with Crippen molar-refractivity contribution in [2.45, 2.75) is 6.42 Å². The summed E-state index contributed by atoms with van der Waals surface area (Å²) in [7, 11) is 0. The number of rotatable bonds is 3. The number of aromatic hydroxyl groups is 1. The molecule has 2 N–H and O–H groups in total. The summed E-state index contributed by atoms with van der Waals surface area (Å²) in [6, 6.07) is 13.9. The summed E-state index contributed by atoms with van der Waals surface area (Å²) in [5, 5.41) is 20.9. The largest absolute Gasteiger partial charge is 0.507 e. The highest BCUT2D eigenvalue weighted by Gasteiger charge is 2.08. The number of amides is 1. The number of halogens is 1. The number of nitriles is 1. The quantitative estimate of drug-likeness (QED) is 0.805. The normalized spacial score (nSPS) is 9.80. The van der Waals surface area contributed by atoms with Gasteiger partial charge >= 0.3 is 0 Å². The van der Waals surface area contributed by atoms with Crippen molar-refractivity contribution in [3.05, 3.63) is 57.2 Å². The highest BCUT2D eigenvalue weighted by atomic mass is 127. The lowest BCUT2D eigenvalue weighted by atomic mass is 10.1. The lowest BCUT2D eigenvalue weighted by Gasteiger charge is -2.06. The fourth-order valence-electron chi connectivity index (χ4n) is 1.65. The summed E-state index contributed by atoms with van der Waals surface area (Å²) in [6.45, 7) is 0. The highest BCUT2D eigenvalue weighted by Crippen LogP contribution is 2.21. The first-order chi connectivity index (χ1) is 9.60. The van der Waals surface area contributed by atoms with E-state index >= 15 is 0 Å². The predicted molar refractivity (Wildman–Crippen MR) is 84.5 cm³/mol. The summed E-state index contributed by atoms with van der Waals surface area (Å²) in [6.07, 6.45) is 0.346. The Bertz CT molecular complexity index is 675. The molecule has 0 unspecified atom stereocenters. The molecular weight excluding hydrogens is 367 g/mol. The number of carbonyl (C=O) groups excluding carboxylic acids is 1. The Hall–Kier alpha value is -2.07. The maximum Gasteiger partial charge on any atom is 0.255 e. The number of benzene rings is 2. The van der Waals surface area contributed by atoms with Crippen molar-refractivity contribution in [1.82, 2.24) is 0 Å². The molecule has 0 heterocycles. The molecule has 5 heteroatoms. The summed E-state index contributed by atoms with van der Waals surface area (Å²) in [5.74, 6) is -0.202. The number of phenols is 1. The van der Waals surface area contributed by atoms with Crippen LogP contribution in [-0.4, -0.2) is 11.0 Å². The molecule has 100 valence electrons. The third-order valence-electron chi connectivity index (χ3n) is 2.70. The molecule has 2 aromatic carbocycles. The zero-order valence-corrected chi connectivity index (χ0v) is 12.6. The van der Waals surface area contributed by atoms with Gasteiger partial charge in [-0.1, -0.05) is 12.1 Å². The monoisotopic (exact) mass is 378 g/mol. The van der Waals surface area contributed by atoms with Gasteiger partial charge in [0.2, 0.25) is 0 Å². The van der Waals surface area contributed by atoms with Gasteiger partial charge in [-0.15, -0.1) is 0 Å². The minimum Gasteiger partial charge on any atom is -0.507 e. The molecule has 0 aromatic heterocycles. The Morgan fingerprint density at radius 3 is 2.55 bits per heavy atom. The first-order valence-corrected chi connectivity index (χ1v) is 6.94. The second kappa shape index (κ2) is 6.39. The summed E-state index contributed by atoms with van der Waals surface area (Å²) in [4.78, 5) is 12.0. The molecule has 2 aromatic rings. The molecule has 0 bridgehead atoms. The van der Waals surface area contributed by atoms with E-state index in [-0.39, 0.29) is 11.7 Å². The number of hydrogen-bond donors (Lipinski definition) is 2. The minimum absolute atomic E-state index is 0.0858. The minimum atomic E-state index is -0.287. The maximum absolute atomic E-state index is 12.0. The van der Waals surface area contributed by atoms with E-state index in [2.05, 4.69) is 11.4 Å². The molecule has 0 saturated heterocycles. The average Bonchev–Trinajstić information content (AvgIpc) is 2.44. The number of anilines is 1. The molecule has 2 rings (SSSR count). The number of phenolic OH excluding ortho intramolecular Hbond substituents is 1.